The third kappa shape index (κ3) is 4.41. The average Bonchev–Trinajstić information content (AvgIpc) is 2.62. The number of amides is 1. The maximum atomic E-state index is 13.3. The Kier molecular flexibility index (Phi) is 5.04. The largest absolute Gasteiger partial charge is 0.354 e. The minimum atomic E-state index is -0.326. The Morgan fingerprint density at radius 2 is 1.84 bits per heavy atom. The van der Waals surface area contributed by atoms with E-state index in [9.17, 15) is 9.18 Å². The Hall–Kier alpha value is -3.21. The molecule has 0 fully saturated rings. The van der Waals surface area contributed by atoms with Gasteiger partial charge in [0.15, 0.2) is 0 Å². The zero-order chi connectivity index (χ0) is 17.6. The summed E-state index contributed by atoms with van der Waals surface area (Å²) < 4.78 is 13.3. The Bertz CT molecular complexity index is 868. The smallest absolute Gasteiger partial charge is 0.255 e. The summed E-state index contributed by atoms with van der Waals surface area (Å²) in [5.74, 6) is -0.452. The molecule has 0 radical (unpaired) electrons. The number of nitrogens with one attached hydrogen (secondary N) is 1. The van der Waals surface area contributed by atoms with E-state index in [1.54, 1.807) is 36.3 Å². The Morgan fingerprint density at radius 3 is 2.60 bits per heavy atom. The van der Waals surface area contributed by atoms with Crippen LogP contribution in [0.5, 0.6) is 0 Å². The molecule has 2 aromatic carbocycles. The summed E-state index contributed by atoms with van der Waals surface area (Å²) in [6.45, 7) is 0.515. The second-order valence-electron chi connectivity index (χ2n) is 5.74. The van der Waals surface area contributed by atoms with E-state index in [0.29, 0.717) is 23.5 Å². The van der Waals surface area contributed by atoms with Crippen LogP contribution in [0.15, 0.2) is 73.1 Å². The van der Waals surface area contributed by atoms with Crippen LogP contribution in [0.4, 0.5) is 15.8 Å². The summed E-state index contributed by atoms with van der Waals surface area (Å²) in [4.78, 5) is 18.4. The SMILES string of the molecule is CN(Cc1ccccc1)C(=O)c1cncc(Nc2cccc(F)c2)c1. The van der Waals surface area contributed by atoms with Crippen LogP contribution in [0.2, 0.25) is 0 Å². The number of hydrogen-bond donors (Lipinski definition) is 1. The molecule has 25 heavy (non-hydrogen) atoms. The summed E-state index contributed by atoms with van der Waals surface area (Å²) in [6, 6.07) is 17.6. The second kappa shape index (κ2) is 7.57. The van der Waals surface area contributed by atoms with Gasteiger partial charge in [0.05, 0.1) is 17.4 Å². The Morgan fingerprint density at radius 1 is 1.04 bits per heavy atom. The van der Waals surface area contributed by atoms with Crippen LogP contribution in [0.25, 0.3) is 0 Å². The normalized spacial score (nSPS) is 10.3. The van der Waals surface area contributed by atoms with Gasteiger partial charge in [-0.05, 0) is 29.8 Å². The van der Waals surface area contributed by atoms with Crippen molar-refractivity contribution in [1.29, 1.82) is 0 Å². The lowest BCUT2D eigenvalue weighted by atomic mass is 10.2. The number of nitrogens with zero attached hydrogens (tertiary/aromatic N) is 2. The van der Waals surface area contributed by atoms with E-state index in [0.717, 1.165) is 5.56 Å². The Balaban J connectivity index is 1.73. The highest BCUT2D eigenvalue weighted by atomic mass is 19.1. The van der Waals surface area contributed by atoms with Crippen LogP contribution in [0.1, 0.15) is 15.9 Å². The minimum Gasteiger partial charge on any atom is -0.354 e. The lowest BCUT2D eigenvalue weighted by molar-refractivity contribution is 0.0784. The molecule has 1 aromatic heterocycles. The van der Waals surface area contributed by atoms with Gasteiger partial charge in [-0.25, -0.2) is 4.39 Å². The molecule has 126 valence electrons. The number of rotatable bonds is 5. The first kappa shape index (κ1) is 16.6. The molecule has 0 unspecified atom stereocenters. The van der Waals surface area contributed by atoms with Crippen molar-refractivity contribution in [1.82, 2.24) is 9.88 Å². The van der Waals surface area contributed by atoms with Crippen LogP contribution in [-0.2, 0) is 6.54 Å². The summed E-state index contributed by atoms with van der Waals surface area (Å²) in [5, 5.41) is 3.06. The number of benzene rings is 2. The molecule has 0 atom stereocenters. The van der Waals surface area contributed by atoms with Crippen LogP contribution in [0, 0.1) is 5.82 Å². The molecule has 0 spiro atoms. The van der Waals surface area contributed by atoms with E-state index in [1.807, 2.05) is 30.3 Å². The van der Waals surface area contributed by atoms with Crippen molar-refractivity contribution >= 4 is 17.3 Å². The van der Waals surface area contributed by atoms with E-state index in [2.05, 4.69) is 10.3 Å². The second-order valence-corrected chi connectivity index (χ2v) is 5.74. The number of carbonyl (C=O) groups excluding carboxylic acids is 1. The standard InChI is InChI=1S/C20H18FN3O/c1-24(14-15-6-3-2-4-7-15)20(25)16-10-19(13-22-12-16)23-18-9-5-8-17(21)11-18/h2-13,23H,14H2,1H3. The first-order chi connectivity index (χ1) is 12.1. The van der Waals surface area contributed by atoms with E-state index < -0.39 is 0 Å². The molecule has 1 heterocycles. The van der Waals surface area contributed by atoms with Crippen molar-refractivity contribution in [2.24, 2.45) is 0 Å². The van der Waals surface area contributed by atoms with Gasteiger partial charge in [0, 0.05) is 25.5 Å². The topological polar surface area (TPSA) is 45.2 Å². The molecule has 1 amide bonds. The number of anilines is 2. The van der Waals surface area contributed by atoms with Crippen molar-refractivity contribution in [3.05, 3.63) is 90.0 Å². The lowest BCUT2D eigenvalue weighted by Gasteiger charge is -2.17. The molecule has 0 saturated heterocycles. The number of halogens is 1. The van der Waals surface area contributed by atoms with Gasteiger partial charge in [0.2, 0.25) is 0 Å². The van der Waals surface area contributed by atoms with Gasteiger partial charge in [0.25, 0.3) is 5.91 Å². The molecule has 0 aliphatic heterocycles. The molecule has 3 rings (SSSR count). The number of carbonyl (C=O) groups is 1. The quantitative estimate of drug-likeness (QED) is 0.759. The van der Waals surface area contributed by atoms with Crippen LogP contribution in [0.3, 0.4) is 0 Å². The number of hydrogen-bond acceptors (Lipinski definition) is 3. The van der Waals surface area contributed by atoms with Crippen molar-refractivity contribution < 1.29 is 9.18 Å². The maximum absolute atomic E-state index is 13.3. The average molecular weight is 335 g/mol. The van der Waals surface area contributed by atoms with Gasteiger partial charge in [-0.2, -0.15) is 0 Å². The fraction of sp³-hybridized carbons (Fsp3) is 0.100. The van der Waals surface area contributed by atoms with Crippen molar-refractivity contribution in [3.63, 3.8) is 0 Å². The van der Waals surface area contributed by atoms with E-state index in [1.165, 1.54) is 18.3 Å². The molecular formula is C20H18FN3O. The monoisotopic (exact) mass is 335 g/mol. The number of pyridine rings is 1. The molecule has 0 saturated carbocycles. The molecular weight excluding hydrogens is 317 g/mol. The first-order valence-electron chi connectivity index (χ1n) is 7.89. The van der Waals surface area contributed by atoms with Crippen LogP contribution in [-0.4, -0.2) is 22.8 Å². The molecule has 4 nitrogen and oxygen atoms in total. The summed E-state index contributed by atoms with van der Waals surface area (Å²) >= 11 is 0. The highest BCUT2D eigenvalue weighted by Gasteiger charge is 2.13. The molecule has 1 N–H and O–H groups in total. The van der Waals surface area contributed by atoms with Gasteiger partial charge >= 0.3 is 0 Å². The molecule has 0 bridgehead atoms. The first-order valence-corrected chi connectivity index (χ1v) is 7.89. The van der Waals surface area contributed by atoms with Gasteiger partial charge in [-0.3, -0.25) is 9.78 Å². The van der Waals surface area contributed by atoms with Crippen molar-refractivity contribution in [2.45, 2.75) is 6.54 Å². The molecule has 3 aromatic rings. The van der Waals surface area contributed by atoms with Gasteiger partial charge in [0.1, 0.15) is 5.82 Å². The fourth-order valence-corrected chi connectivity index (χ4v) is 2.51. The maximum Gasteiger partial charge on any atom is 0.255 e. The molecule has 0 aliphatic rings. The zero-order valence-electron chi connectivity index (χ0n) is 13.8. The predicted octanol–water partition coefficient (Wildman–Crippen LogP) is 4.24. The summed E-state index contributed by atoms with van der Waals surface area (Å²) in [5.41, 5.74) is 2.76. The van der Waals surface area contributed by atoms with E-state index in [-0.39, 0.29) is 11.7 Å². The fourth-order valence-electron chi connectivity index (χ4n) is 2.51. The van der Waals surface area contributed by atoms with Gasteiger partial charge in [-0.15, -0.1) is 0 Å². The zero-order valence-corrected chi connectivity index (χ0v) is 13.8. The van der Waals surface area contributed by atoms with Crippen molar-refractivity contribution in [2.75, 3.05) is 12.4 Å². The van der Waals surface area contributed by atoms with Crippen LogP contribution < -0.4 is 5.32 Å². The Labute approximate surface area is 145 Å². The van der Waals surface area contributed by atoms with Crippen LogP contribution >= 0.6 is 0 Å². The predicted molar refractivity (Wildman–Crippen MR) is 96.2 cm³/mol. The highest BCUT2D eigenvalue weighted by Crippen LogP contribution is 2.18. The van der Waals surface area contributed by atoms with Gasteiger partial charge in [-0.1, -0.05) is 36.4 Å². The third-order valence-electron chi connectivity index (χ3n) is 3.71. The van der Waals surface area contributed by atoms with Gasteiger partial charge < -0.3 is 10.2 Å². The summed E-state index contributed by atoms with van der Waals surface area (Å²) in [6.07, 6.45) is 3.12. The number of aromatic nitrogens is 1. The summed E-state index contributed by atoms with van der Waals surface area (Å²) in [7, 11) is 1.75. The molecule has 0 aliphatic carbocycles. The minimum absolute atomic E-state index is 0.126. The van der Waals surface area contributed by atoms with E-state index >= 15 is 0 Å². The third-order valence-corrected chi connectivity index (χ3v) is 3.71. The molecule has 5 heteroatoms. The van der Waals surface area contributed by atoms with E-state index in [4.69, 9.17) is 0 Å². The lowest BCUT2D eigenvalue weighted by Crippen LogP contribution is -2.26. The van der Waals surface area contributed by atoms with Crippen molar-refractivity contribution in [3.8, 4) is 0 Å². The highest BCUT2D eigenvalue weighted by molar-refractivity contribution is 5.94.